The molecule has 3 nitrogen and oxygen atoms in total. The Bertz CT molecular complexity index is 986. The van der Waals surface area contributed by atoms with Crippen molar-refractivity contribution in [2.75, 3.05) is 4.72 Å². The van der Waals surface area contributed by atoms with E-state index in [0.29, 0.717) is 15.8 Å². The van der Waals surface area contributed by atoms with Crippen LogP contribution in [0.15, 0.2) is 59.5 Å². The Labute approximate surface area is 136 Å². The predicted molar refractivity (Wildman–Crippen MR) is 86.1 cm³/mol. The Morgan fingerprint density at radius 2 is 1.43 bits per heavy atom. The largest absolute Gasteiger partial charge is 0.279 e. The molecule has 0 aliphatic carbocycles. The van der Waals surface area contributed by atoms with Crippen LogP contribution >= 0.6 is 11.6 Å². The van der Waals surface area contributed by atoms with Gasteiger partial charge in [0.25, 0.3) is 10.0 Å². The minimum atomic E-state index is -4.42. The van der Waals surface area contributed by atoms with Gasteiger partial charge in [0.1, 0.15) is 11.6 Å². The summed E-state index contributed by atoms with van der Waals surface area (Å²) in [4.78, 5) is -1.01. The summed E-state index contributed by atoms with van der Waals surface area (Å²) in [7, 11) is -4.42. The van der Waals surface area contributed by atoms with Crippen LogP contribution < -0.4 is 4.72 Å². The summed E-state index contributed by atoms with van der Waals surface area (Å²) in [5.74, 6) is -2.31. The lowest BCUT2D eigenvalue weighted by molar-refractivity contribution is 0.521. The number of halogens is 3. The maximum atomic E-state index is 13.7. The maximum absolute atomic E-state index is 13.7. The molecule has 23 heavy (non-hydrogen) atoms. The first-order valence-electron chi connectivity index (χ1n) is 6.54. The molecule has 0 saturated heterocycles. The molecule has 0 spiro atoms. The van der Waals surface area contributed by atoms with E-state index in [9.17, 15) is 17.2 Å². The van der Waals surface area contributed by atoms with E-state index in [4.69, 9.17) is 11.6 Å². The molecule has 0 aliphatic heterocycles. The quantitative estimate of drug-likeness (QED) is 0.749. The zero-order valence-corrected chi connectivity index (χ0v) is 13.1. The van der Waals surface area contributed by atoms with Crippen molar-refractivity contribution in [1.29, 1.82) is 0 Å². The monoisotopic (exact) mass is 353 g/mol. The molecule has 0 radical (unpaired) electrons. The Morgan fingerprint density at radius 1 is 0.826 bits per heavy atom. The molecule has 0 saturated carbocycles. The Balaban J connectivity index is 2.14. The average Bonchev–Trinajstić information content (AvgIpc) is 2.50. The van der Waals surface area contributed by atoms with Crippen LogP contribution in [0.3, 0.4) is 0 Å². The van der Waals surface area contributed by atoms with Crippen LogP contribution in [0.1, 0.15) is 0 Å². The molecule has 7 heteroatoms. The molecule has 3 rings (SSSR count). The van der Waals surface area contributed by atoms with E-state index in [1.807, 2.05) is 0 Å². The molecular weight excluding hydrogens is 344 g/mol. The summed E-state index contributed by atoms with van der Waals surface area (Å²) in [5, 5.41) is 1.60. The van der Waals surface area contributed by atoms with Crippen LogP contribution in [-0.4, -0.2) is 8.42 Å². The molecule has 0 atom stereocenters. The van der Waals surface area contributed by atoms with Crippen molar-refractivity contribution in [3.8, 4) is 0 Å². The highest BCUT2D eigenvalue weighted by molar-refractivity contribution is 7.92. The molecule has 118 valence electrons. The van der Waals surface area contributed by atoms with Gasteiger partial charge in [-0.15, -0.1) is 0 Å². The third-order valence-electron chi connectivity index (χ3n) is 3.30. The van der Waals surface area contributed by atoms with E-state index in [1.54, 1.807) is 24.3 Å². The van der Waals surface area contributed by atoms with Crippen molar-refractivity contribution in [3.05, 3.63) is 71.3 Å². The highest BCUT2D eigenvalue weighted by Gasteiger charge is 2.24. The minimum Gasteiger partial charge on any atom is -0.279 e. The third kappa shape index (κ3) is 2.87. The minimum absolute atomic E-state index is 0.188. The number of benzene rings is 3. The fourth-order valence-corrected chi connectivity index (χ4v) is 3.73. The lowest BCUT2D eigenvalue weighted by atomic mass is 10.1. The normalized spacial score (nSPS) is 11.6. The number of sulfonamides is 1. The van der Waals surface area contributed by atoms with Gasteiger partial charge in [0.2, 0.25) is 0 Å². The first-order valence-corrected chi connectivity index (χ1v) is 8.40. The molecule has 0 fully saturated rings. The van der Waals surface area contributed by atoms with Crippen molar-refractivity contribution < 1.29 is 17.2 Å². The van der Waals surface area contributed by atoms with Gasteiger partial charge < -0.3 is 0 Å². The molecule has 0 unspecified atom stereocenters. The van der Waals surface area contributed by atoms with Crippen LogP contribution in [0.2, 0.25) is 5.02 Å². The lowest BCUT2D eigenvalue weighted by Crippen LogP contribution is -2.16. The van der Waals surface area contributed by atoms with E-state index < -0.39 is 26.6 Å². The average molecular weight is 354 g/mol. The van der Waals surface area contributed by atoms with E-state index in [2.05, 4.69) is 4.72 Å². The van der Waals surface area contributed by atoms with Gasteiger partial charge in [0.15, 0.2) is 4.90 Å². The fraction of sp³-hybridized carbons (Fsp3) is 0. The van der Waals surface area contributed by atoms with Gasteiger partial charge in [-0.2, -0.15) is 0 Å². The van der Waals surface area contributed by atoms with Crippen molar-refractivity contribution in [3.63, 3.8) is 0 Å². The van der Waals surface area contributed by atoms with Crippen molar-refractivity contribution in [2.24, 2.45) is 0 Å². The predicted octanol–water partition coefficient (Wildman–Crippen LogP) is 4.57. The molecule has 3 aromatic carbocycles. The van der Waals surface area contributed by atoms with Gasteiger partial charge in [-0.3, -0.25) is 4.72 Å². The maximum Gasteiger partial charge on any atom is 0.267 e. The Kier molecular flexibility index (Phi) is 3.95. The van der Waals surface area contributed by atoms with Crippen molar-refractivity contribution in [1.82, 2.24) is 0 Å². The summed E-state index contributed by atoms with van der Waals surface area (Å²) < 4.78 is 54.4. The molecule has 0 aromatic heterocycles. The second-order valence-corrected chi connectivity index (χ2v) is 6.82. The number of rotatable bonds is 3. The van der Waals surface area contributed by atoms with E-state index in [1.165, 1.54) is 12.1 Å². The summed E-state index contributed by atoms with van der Waals surface area (Å²) in [6, 6.07) is 12.7. The smallest absolute Gasteiger partial charge is 0.267 e. The van der Waals surface area contributed by atoms with Crippen LogP contribution in [-0.2, 0) is 10.0 Å². The molecular formula is C16H10ClF2NO2S. The van der Waals surface area contributed by atoms with E-state index in [-0.39, 0.29) is 5.69 Å². The van der Waals surface area contributed by atoms with Crippen LogP contribution in [0, 0.1) is 11.6 Å². The summed E-state index contributed by atoms with van der Waals surface area (Å²) in [6.07, 6.45) is 0. The highest BCUT2D eigenvalue weighted by atomic mass is 35.5. The molecule has 3 aromatic rings. The second kappa shape index (κ2) is 5.79. The first kappa shape index (κ1) is 15.7. The van der Waals surface area contributed by atoms with E-state index >= 15 is 0 Å². The zero-order valence-electron chi connectivity index (χ0n) is 11.6. The highest BCUT2D eigenvalue weighted by Crippen LogP contribution is 2.31. The van der Waals surface area contributed by atoms with Crippen LogP contribution in [0.5, 0.6) is 0 Å². The molecule has 0 amide bonds. The Hall–Kier alpha value is -2.18. The number of anilines is 1. The number of fused-ring (bicyclic) bond motifs is 1. The zero-order chi connectivity index (χ0) is 16.6. The second-order valence-electron chi connectivity index (χ2n) is 4.80. The molecule has 1 N–H and O–H groups in total. The van der Waals surface area contributed by atoms with Gasteiger partial charge in [-0.1, -0.05) is 41.9 Å². The molecule has 0 aliphatic rings. The lowest BCUT2D eigenvalue weighted by Gasteiger charge is -2.12. The summed E-state index contributed by atoms with van der Waals surface area (Å²) >= 11 is 6.07. The summed E-state index contributed by atoms with van der Waals surface area (Å²) in [5.41, 5.74) is 0.188. The van der Waals surface area contributed by atoms with Gasteiger partial charge in [-0.05, 0) is 24.3 Å². The standard InChI is InChI=1S/C16H10ClF2NO2S/c17-12-8-9-15(11-5-2-1-4-10(11)12)20-23(21,22)16-13(18)6-3-7-14(16)19/h1-9,20H. The topological polar surface area (TPSA) is 46.2 Å². The van der Waals surface area contributed by atoms with Gasteiger partial charge in [0.05, 0.1) is 5.69 Å². The first-order chi connectivity index (χ1) is 10.9. The SMILES string of the molecule is O=S(=O)(Nc1ccc(Cl)c2ccccc12)c1c(F)cccc1F. The number of nitrogens with one attached hydrogen (secondary N) is 1. The van der Waals surface area contributed by atoms with Gasteiger partial charge in [0, 0.05) is 15.8 Å². The van der Waals surface area contributed by atoms with Gasteiger partial charge >= 0.3 is 0 Å². The van der Waals surface area contributed by atoms with Gasteiger partial charge in [-0.25, -0.2) is 17.2 Å². The number of hydrogen-bond donors (Lipinski definition) is 1. The third-order valence-corrected chi connectivity index (χ3v) is 5.05. The van der Waals surface area contributed by atoms with Crippen LogP contribution in [0.25, 0.3) is 10.8 Å². The van der Waals surface area contributed by atoms with E-state index in [0.717, 1.165) is 18.2 Å². The molecule has 0 bridgehead atoms. The van der Waals surface area contributed by atoms with Crippen LogP contribution in [0.4, 0.5) is 14.5 Å². The fourth-order valence-electron chi connectivity index (χ4n) is 2.29. The number of hydrogen-bond acceptors (Lipinski definition) is 2. The Morgan fingerprint density at radius 3 is 2.09 bits per heavy atom. The van der Waals surface area contributed by atoms with Crippen molar-refractivity contribution in [2.45, 2.75) is 4.90 Å². The molecule has 0 heterocycles. The van der Waals surface area contributed by atoms with Crippen molar-refractivity contribution >= 4 is 38.1 Å². The summed E-state index contributed by atoms with van der Waals surface area (Å²) in [6.45, 7) is 0.